The van der Waals surface area contributed by atoms with Crippen LogP contribution in [-0.2, 0) is 6.42 Å². The van der Waals surface area contributed by atoms with Crippen molar-refractivity contribution >= 4 is 17.4 Å². The van der Waals surface area contributed by atoms with Crippen LogP contribution in [0.3, 0.4) is 0 Å². The molecule has 5 heteroatoms. The molecule has 0 saturated heterocycles. The van der Waals surface area contributed by atoms with Crippen molar-refractivity contribution in [1.82, 2.24) is 14.7 Å². The Morgan fingerprint density at radius 3 is 2.74 bits per heavy atom. The number of nitrogens with zero attached hydrogens (tertiary/aromatic N) is 2. The molecule has 0 aliphatic heterocycles. The van der Waals surface area contributed by atoms with E-state index in [9.17, 15) is 4.79 Å². The molecule has 1 N–H and O–H groups in total. The van der Waals surface area contributed by atoms with Gasteiger partial charge in [0.2, 0.25) is 5.01 Å². The Bertz CT molecular complexity index is 539. The van der Waals surface area contributed by atoms with Gasteiger partial charge >= 0.3 is 0 Å². The lowest BCUT2D eigenvalue weighted by atomic mass is 10.1. The van der Waals surface area contributed by atoms with Crippen molar-refractivity contribution in [2.75, 3.05) is 0 Å². The number of rotatable bonds is 5. The Morgan fingerprint density at radius 1 is 1.37 bits per heavy atom. The van der Waals surface area contributed by atoms with Gasteiger partial charge in [0.15, 0.2) is 0 Å². The van der Waals surface area contributed by atoms with Gasteiger partial charge in [-0.1, -0.05) is 30.3 Å². The third kappa shape index (κ3) is 4.13. The third-order valence-electron chi connectivity index (χ3n) is 2.81. The normalized spacial score (nSPS) is 12.1. The summed E-state index contributed by atoms with van der Waals surface area (Å²) in [5.41, 5.74) is 1.29. The maximum absolute atomic E-state index is 11.9. The maximum Gasteiger partial charge on any atom is 0.282 e. The molecule has 0 spiro atoms. The predicted octanol–water partition coefficient (Wildman–Crippen LogP) is 2.60. The van der Waals surface area contributed by atoms with Gasteiger partial charge in [-0.05, 0) is 43.8 Å². The first-order valence-corrected chi connectivity index (χ1v) is 7.07. The van der Waals surface area contributed by atoms with Crippen molar-refractivity contribution in [2.24, 2.45) is 0 Å². The van der Waals surface area contributed by atoms with Crippen LogP contribution in [0.4, 0.5) is 0 Å². The van der Waals surface area contributed by atoms with Gasteiger partial charge < -0.3 is 5.32 Å². The molecule has 0 radical (unpaired) electrons. The first kappa shape index (κ1) is 13.7. The molecule has 1 amide bonds. The highest BCUT2D eigenvalue weighted by Gasteiger charge is 2.13. The molecule has 1 aromatic heterocycles. The summed E-state index contributed by atoms with van der Waals surface area (Å²) in [6.07, 6.45) is 1.87. The molecule has 4 nitrogen and oxygen atoms in total. The number of aromatic nitrogens is 2. The van der Waals surface area contributed by atoms with Crippen LogP contribution in [0.25, 0.3) is 0 Å². The Hall–Kier alpha value is -1.75. The van der Waals surface area contributed by atoms with E-state index < -0.39 is 0 Å². The smallest absolute Gasteiger partial charge is 0.282 e. The second-order valence-electron chi connectivity index (χ2n) is 4.55. The largest absolute Gasteiger partial charge is 0.347 e. The number of carbonyl (C=O) groups is 1. The van der Waals surface area contributed by atoms with Gasteiger partial charge in [-0.3, -0.25) is 4.79 Å². The molecule has 0 unspecified atom stereocenters. The van der Waals surface area contributed by atoms with Gasteiger partial charge in [-0.15, -0.1) is 0 Å². The van der Waals surface area contributed by atoms with Crippen LogP contribution >= 0.6 is 11.5 Å². The van der Waals surface area contributed by atoms with E-state index in [-0.39, 0.29) is 11.9 Å². The van der Waals surface area contributed by atoms with E-state index in [0.29, 0.717) is 10.8 Å². The lowest BCUT2D eigenvalue weighted by Crippen LogP contribution is -2.32. The summed E-state index contributed by atoms with van der Waals surface area (Å²) in [7, 11) is 0. The van der Waals surface area contributed by atoms with E-state index in [1.807, 2.05) is 25.1 Å². The van der Waals surface area contributed by atoms with Gasteiger partial charge in [0, 0.05) is 6.04 Å². The summed E-state index contributed by atoms with van der Waals surface area (Å²) in [6.45, 7) is 3.79. The van der Waals surface area contributed by atoms with Gasteiger partial charge in [0.05, 0.1) is 0 Å². The number of nitrogens with one attached hydrogen (secondary N) is 1. The first-order chi connectivity index (χ1) is 9.15. The van der Waals surface area contributed by atoms with Crippen LogP contribution in [0.15, 0.2) is 30.3 Å². The number of hydrogen-bond acceptors (Lipinski definition) is 4. The Kier molecular flexibility index (Phi) is 4.63. The average Bonchev–Trinajstić information content (AvgIpc) is 2.84. The molecule has 1 atom stereocenters. The van der Waals surface area contributed by atoms with Crippen LogP contribution in [-0.4, -0.2) is 21.3 Å². The van der Waals surface area contributed by atoms with E-state index in [4.69, 9.17) is 0 Å². The molecule has 0 fully saturated rings. The molecule has 1 heterocycles. The van der Waals surface area contributed by atoms with Crippen LogP contribution in [0.5, 0.6) is 0 Å². The van der Waals surface area contributed by atoms with Crippen molar-refractivity contribution < 1.29 is 4.79 Å². The minimum Gasteiger partial charge on any atom is -0.347 e. The molecule has 100 valence electrons. The second-order valence-corrected chi connectivity index (χ2v) is 5.30. The third-order valence-corrected chi connectivity index (χ3v) is 3.61. The van der Waals surface area contributed by atoms with Gasteiger partial charge in [0.1, 0.15) is 5.82 Å². The lowest BCUT2D eigenvalue weighted by molar-refractivity contribution is 0.0938. The fourth-order valence-electron chi connectivity index (χ4n) is 1.77. The zero-order valence-corrected chi connectivity index (χ0v) is 11.9. The quantitative estimate of drug-likeness (QED) is 0.912. The van der Waals surface area contributed by atoms with Crippen molar-refractivity contribution in [3.05, 3.63) is 46.7 Å². The minimum absolute atomic E-state index is 0.122. The summed E-state index contributed by atoms with van der Waals surface area (Å²) in [5.74, 6) is 0.512. The standard InChI is InChI=1S/C14H17N3OS/c1-10(8-9-12-6-4-3-5-7-12)15-13(18)14-16-11(2)17-19-14/h3-7,10H,8-9H2,1-2H3,(H,15,18)/t10-/m1/s1. The summed E-state index contributed by atoms with van der Waals surface area (Å²) < 4.78 is 4.01. The van der Waals surface area contributed by atoms with Gasteiger partial charge in [0.25, 0.3) is 5.91 Å². The summed E-state index contributed by atoms with van der Waals surface area (Å²) in [6, 6.07) is 10.4. The maximum atomic E-state index is 11.9. The lowest BCUT2D eigenvalue weighted by Gasteiger charge is -2.12. The zero-order chi connectivity index (χ0) is 13.7. The van der Waals surface area contributed by atoms with Crippen molar-refractivity contribution in [3.8, 4) is 0 Å². The summed E-state index contributed by atoms with van der Waals surface area (Å²) in [4.78, 5) is 16.0. The minimum atomic E-state index is -0.133. The van der Waals surface area contributed by atoms with Crippen LogP contribution in [0, 0.1) is 6.92 Å². The molecule has 0 saturated carbocycles. The van der Waals surface area contributed by atoms with E-state index in [2.05, 4.69) is 26.8 Å². The SMILES string of the molecule is Cc1nsc(C(=O)N[C@H](C)CCc2ccccc2)n1. The van der Waals surface area contributed by atoms with Crippen molar-refractivity contribution in [1.29, 1.82) is 0 Å². The molecular weight excluding hydrogens is 258 g/mol. The number of aryl methyl sites for hydroxylation is 2. The van der Waals surface area contributed by atoms with Crippen LogP contribution in [0.2, 0.25) is 0 Å². The van der Waals surface area contributed by atoms with Crippen molar-refractivity contribution in [2.45, 2.75) is 32.7 Å². The summed E-state index contributed by atoms with van der Waals surface area (Å²) in [5, 5.41) is 3.38. The Morgan fingerprint density at radius 2 is 2.11 bits per heavy atom. The highest BCUT2D eigenvalue weighted by molar-refractivity contribution is 7.07. The van der Waals surface area contributed by atoms with Gasteiger partial charge in [-0.25, -0.2) is 4.98 Å². The molecular formula is C14H17N3OS. The van der Waals surface area contributed by atoms with Crippen molar-refractivity contribution in [3.63, 3.8) is 0 Å². The summed E-state index contributed by atoms with van der Waals surface area (Å²) >= 11 is 1.14. The number of amides is 1. The molecule has 2 rings (SSSR count). The second kappa shape index (κ2) is 6.43. The fourth-order valence-corrected chi connectivity index (χ4v) is 2.35. The van der Waals surface area contributed by atoms with E-state index in [1.165, 1.54) is 5.56 Å². The molecule has 2 aromatic rings. The molecule has 0 aliphatic carbocycles. The fraction of sp³-hybridized carbons (Fsp3) is 0.357. The topological polar surface area (TPSA) is 54.9 Å². The monoisotopic (exact) mass is 275 g/mol. The van der Waals surface area contributed by atoms with E-state index in [0.717, 1.165) is 24.4 Å². The average molecular weight is 275 g/mol. The van der Waals surface area contributed by atoms with Gasteiger partial charge in [-0.2, -0.15) is 4.37 Å². The number of benzene rings is 1. The number of carbonyl (C=O) groups excluding carboxylic acids is 1. The molecule has 1 aromatic carbocycles. The van der Waals surface area contributed by atoms with Crippen LogP contribution < -0.4 is 5.32 Å². The highest BCUT2D eigenvalue weighted by atomic mass is 32.1. The zero-order valence-electron chi connectivity index (χ0n) is 11.1. The van der Waals surface area contributed by atoms with Crippen LogP contribution in [0.1, 0.15) is 34.5 Å². The predicted molar refractivity (Wildman–Crippen MR) is 76.3 cm³/mol. The number of hydrogen-bond donors (Lipinski definition) is 1. The Balaban J connectivity index is 1.81. The first-order valence-electron chi connectivity index (χ1n) is 6.30. The molecule has 0 bridgehead atoms. The Labute approximate surface area is 117 Å². The molecule has 0 aliphatic rings. The molecule has 19 heavy (non-hydrogen) atoms. The highest BCUT2D eigenvalue weighted by Crippen LogP contribution is 2.07. The van der Waals surface area contributed by atoms with E-state index >= 15 is 0 Å². The van der Waals surface area contributed by atoms with E-state index in [1.54, 1.807) is 6.92 Å².